The molecule has 0 atom stereocenters. The summed E-state index contributed by atoms with van der Waals surface area (Å²) in [6.07, 6.45) is 11.0. The van der Waals surface area contributed by atoms with Gasteiger partial charge in [0.25, 0.3) is 0 Å². The quantitative estimate of drug-likeness (QED) is 0.344. The first-order chi connectivity index (χ1) is 14.1. The van der Waals surface area contributed by atoms with Gasteiger partial charge in [0.1, 0.15) is 5.60 Å². The molecule has 0 unspecified atom stereocenters. The minimum Gasteiger partial charge on any atom is -0.481 e. The molecule has 2 rings (SSSR count). The summed E-state index contributed by atoms with van der Waals surface area (Å²) in [7, 11) is 1.56. The average Bonchev–Trinajstić information content (AvgIpc) is 3.14. The Bertz CT molecular complexity index is 555. The second kappa shape index (κ2) is 13.1. The van der Waals surface area contributed by atoms with Crippen LogP contribution >= 0.6 is 0 Å². The van der Waals surface area contributed by atoms with Gasteiger partial charge in [0.2, 0.25) is 0 Å². The third kappa shape index (κ3) is 10.0. The largest absolute Gasteiger partial charge is 0.481 e. The van der Waals surface area contributed by atoms with Gasteiger partial charge in [-0.1, -0.05) is 38.2 Å². The van der Waals surface area contributed by atoms with E-state index >= 15 is 0 Å². The molecule has 7 heteroatoms. The lowest BCUT2D eigenvalue weighted by Gasteiger charge is -2.24. The molecule has 174 valence electrons. The molecule has 30 heavy (non-hydrogen) atoms. The van der Waals surface area contributed by atoms with Gasteiger partial charge in [0.15, 0.2) is 0 Å². The number of carbonyl (C=O) groups is 2. The normalized spacial score (nSPS) is 19.7. The average molecular weight is 428 g/mol. The second-order valence-corrected chi connectivity index (χ2v) is 9.28. The number of hydrogen-bond donors (Lipinski definition) is 2. The molecular formula is C23H41NO6. The van der Waals surface area contributed by atoms with E-state index in [1.54, 1.807) is 34.0 Å². The summed E-state index contributed by atoms with van der Waals surface area (Å²) in [5, 5.41) is 9.58. The SMILES string of the molecule is COCCOC/C(=C\C1(C(=O)O)CCCC1)C(=O)OC(C)(C)C.NC1CCCCC1. The standard InChI is InChI=1S/C17H28O6.C6H13N/c1-16(2,3)23-14(18)13(12-22-10-9-21-4)11-17(15(19)20)7-5-6-8-17;7-6-4-2-1-3-5-6/h11H,5-10,12H2,1-4H3,(H,19,20);6H,1-5,7H2/b13-11+;. The zero-order valence-electron chi connectivity index (χ0n) is 19.2. The zero-order valence-corrected chi connectivity index (χ0v) is 19.2. The van der Waals surface area contributed by atoms with Crippen molar-refractivity contribution in [1.82, 2.24) is 0 Å². The highest BCUT2D eigenvalue weighted by Crippen LogP contribution is 2.40. The van der Waals surface area contributed by atoms with E-state index in [1.807, 2.05) is 0 Å². The van der Waals surface area contributed by atoms with Crippen LogP contribution in [0, 0.1) is 5.41 Å². The van der Waals surface area contributed by atoms with Crippen LogP contribution in [0.5, 0.6) is 0 Å². The molecule has 2 fully saturated rings. The van der Waals surface area contributed by atoms with Gasteiger partial charge in [-0.25, -0.2) is 4.79 Å². The molecule has 0 bridgehead atoms. The molecule has 2 saturated carbocycles. The van der Waals surface area contributed by atoms with Gasteiger partial charge in [-0.2, -0.15) is 0 Å². The van der Waals surface area contributed by atoms with Crippen molar-refractivity contribution in [1.29, 1.82) is 0 Å². The van der Waals surface area contributed by atoms with E-state index in [4.69, 9.17) is 19.9 Å². The van der Waals surface area contributed by atoms with Gasteiger partial charge in [0.05, 0.1) is 30.8 Å². The Morgan fingerprint density at radius 2 is 1.67 bits per heavy atom. The van der Waals surface area contributed by atoms with Crippen molar-refractivity contribution >= 4 is 11.9 Å². The molecule has 0 aromatic rings. The van der Waals surface area contributed by atoms with Crippen LogP contribution in [0.1, 0.15) is 78.6 Å². The van der Waals surface area contributed by atoms with Gasteiger partial charge < -0.3 is 25.1 Å². The van der Waals surface area contributed by atoms with Gasteiger partial charge in [-0.3, -0.25) is 4.79 Å². The highest BCUT2D eigenvalue weighted by atomic mass is 16.6. The molecule has 0 saturated heterocycles. The Labute approximate surface area is 181 Å². The maximum atomic E-state index is 12.4. The first-order valence-electron chi connectivity index (χ1n) is 11.1. The highest BCUT2D eigenvalue weighted by Gasteiger charge is 2.40. The Hall–Kier alpha value is -1.44. The lowest BCUT2D eigenvalue weighted by atomic mass is 9.84. The minimum absolute atomic E-state index is 0.0211. The van der Waals surface area contributed by atoms with Crippen molar-refractivity contribution in [2.24, 2.45) is 11.1 Å². The van der Waals surface area contributed by atoms with E-state index in [0.717, 1.165) is 12.8 Å². The zero-order chi connectivity index (χ0) is 22.6. The van der Waals surface area contributed by atoms with Crippen LogP contribution in [-0.4, -0.2) is 55.6 Å². The van der Waals surface area contributed by atoms with Crippen molar-refractivity contribution < 1.29 is 28.9 Å². The molecule has 0 aromatic carbocycles. The molecule has 3 N–H and O–H groups in total. The van der Waals surface area contributed by atoms with Crippen molar-refractivity contribution in [3.63, 3.8) is 0 Å². The Kier molecular flexibility index (Phi) is 11.6. The van der Waals surface area contributed by atoms with Crippen LogP contribution in [0.3, 0.4) is 0 Å². The fourth-order valence-electron chi connectivity index (χ4n) is 3.72. The van der Waals surface area contributed by atoms with Crippen LogP contribution in [-0.2, 0) is 23.8 Å². The topological polar surface area (TPSA) is 108 Å². The van der Waals surface area contributed by atoms with Crippen molar-refractivity contribution in [2.45, 2.75) is 90.2 Å². The summed E-state index contributed by atoms with van der Waals surface area (Å²) >= 11 is 0. The lowest BCUT2D eigenvalue weighted by Crippen LogP contribution is -2.30. The maximum absolute atomic E-state index is 12.4. The number of aliphatic carboxylic acids is 1. The molecule has 0 spiro atoms. The van der Waals surface area contributed by atoms with Gasteiger partial charge >= 0.3 is 11.9 Å². The van der Waals surface area contributed by atoms with Gasteiger partial charge in [-0.05, 0) is 46.5 Å². The molecule has 2 aliphatic rings. The fraction of sp³-hybridized carbons (Fsp3) is 0.826. The van der Waals surface area contributed by atoms with E-state index in [2.05, 4.69) is 0 Å². The number of nitrogens with two attached hydrogens (primary N) is 1. The number of carboxylic acids is 1. The predicted octanol–water partition coefficient (Wildman–Crippen LogP) is 3.84. The molecule has 7 nitrogen and oxygen atoms in total. The molecule has 0 amide bonds. The van der Waals surface area contributed by atoms with E-state index in [1.165, 1.54) is 32.1 Å². The summed E-state index contributed by atoms with van der Waals surface area (Å²) in [6, 6.07) is 0.536. The van der Waals surface area contributed by atoms with Gasteiger partial charge in [-0.15, -0.1) is 0 Å². The third-order valence-corrected chi connectivity index (χ3v) is 5.37. The summed E-state index contributed by atoms with van der Waals surface area (Å²) < 4.78 is 15.7. The number of esters is 1. The summed E-state index contributed by atoms with van der Waals surface area (Å²) in [4.78, 5) is 24.1. The van der Waals surface area contributed by atoms with Gasteiger partial charge in [0, 0.05) is 13.2 Å². The van der Waals surface area contributed by atoms with Crippen molar-refractivity contribution in [2.75, 3.05) is 26.9 Å². The molecule has 0 aliphatic heterocycles. The maximum Gasteiger partial charge on any atom is 0.336 e. The van der Waals surface area contributed by atoms with Crippen molar-refractivity contribution in [3.05, 3.63) is 11.6 Å². The predicted molar refractivity (Wildman–Crippen MR) is 116 cm³/mol. The van der Waals surface area contributed by atoms with Crippen LogP contribution in [0.25, 0.3) is 0 Å². The molecule has 0 heterocycles. The smallest absolute Gasteiger partial charge is 0.336 e. The summed E-state index contributed by atoms with van der Waals surface area (Å²) in [6.45, 7) is 6.08. The van der Waals surface area contributed by atoms with Crippen LogP contribution in [0.2, 0.25) is 0 Å². The fourth-order valence-corrected chi connectivity index (χ4v) is 3.72. The van der Waals surface area contributed by atoms with E-state index in [-0.39, 0.29) is 12.2 Å². The minimum atomic E-state index is -0.989. The third-order valence-electron chi connectivity index (χ3n) is 5.37. The van der Waals surface area contributed by atoms with Crippen LogP contribution in [0.4, 0.5) is 0 Å². The Morgan fingerprint density at radius 1 is 1.07 bits per heavy atom. The van der Waals surface area contributed by atoms with E-state index < -0.39 is 23.0 Å². The second-order valence-electron chi connectivity index (χ2n) is 9.28. The summed E-state index contributed by atoms with van der Waals surface area (Å²) in [5.41, 5.74) is 4.27. The first kappa shape index (κ1) is 26.6. The number of ether oxygens (including phenoxy) is 3. The van der Waals surface area contributed by atoms with Crippen LogP contribution in [0.15, 0.2) is 11.6 Å². The number of methoxy groups -OCH3 is 1. The number of hydrogen-bond acceptors (Lipinski definition) is 6. The number of carboxylic acid groups (broad SMARTS) is 1. The monoisotopic (exact) mass is 427 g/mol. The molecule has 0 radical (unpaired) electrons. The lowest BCUT2D eigenvalue weighted by molar-refractivity contribution is -0.150. The number of rotatable bonds is 8. The van der Waals surface area contributed by atoms with E-state index in [0.29, 0.717) is 32.1 Å². The first-order valence-corrected chi connectivity index (χ1v) is 11.1. The number of carbonyl (C=O) groups excluding carboxylic acids is 1. The molecule has 2 aliphatic carbocycles. The highest BCUT2D eigenvalue weighted by molar-refractivity contribution is 5.91. The van der Waals surface area contributed by atoms with Crippen molar-refractivity contribution in [3.8, 4) is 0 Å². The Balaban J connectivity index is 0.000000539. The Morgan fingerprint density at radius 3 is 2.10 bits per heavy atom. The summed E-state index contributed by atoms with van der Waals surface area (Å²) in [5.74, 6) is -1.42. The van der Waals surface area contributed by atoms with Crippen LogP contribution < -0.4 is 5.73 Å². The molecular weight excluding hydrogens is 386 g/mol. The molecule has 0 aromatic heterocycles. The van der Waals surface area contributed by atoms with E-state index in [9.17, 15) is 14.7 Å².